The van der Waals surface area contributed by atoms with E-state index < -0.39 is 0 Å². The standard InChI is InChI=1S/C17H18N4OS/c1-12-4-5-16(21(12)10-13-3-2-8-22-13)15-11-23-17(20-15)14-9-18-6-7-19-14/h4-7,9,11,13H,2-3,8,10H2,1H3. The van der Waals surface area contributed by atoms with Gasteiger partial charge >= 0.3 is 0 Å². The minimum Gasteiger partial charge on any atom is -0.376 e. The SMILES string of the molecule is Cc1ccc(-c2csc(-c3cnccn3)n2)n1CC1CCCO1. The van der Waals surface area contributed by atoms with Crippen LogP contribution >= 0.6 is 11.3 Å². The molecule has 0 bridgehead atoms. The molecule has 4 heterocycles. The van der Waals surface area contributed by atoms with Crippen molar-refractivity contribution in [2.45, 2.75) is 32.4 Å². The molecule has 1 aliphatic rings. The van der Waals surface area contributed by atoms with Crippen LogP contribution in [0.25, 0.3) is 22.1 Å². The number of hydrogen-bond acceptors (Lipinski definition) is 5. The first-order valence-corrected chi connectivity index (χ1v) is 8.69. The van der Waals surface area contributed by atoms with Gasteiger partial charge in [-0.3, -0.25) is 9.97 Å². The highest BCUT2D eigenvalue weighted by atomic mass is 32.1. The molecular formula is C17H18N4OS. The summed E-state index contributed by atoms with van der Waals surface area (Å²) in [4.78, 5) is 13.2. The van der Waals surface area contributed by atoms with Gasteiger partial charge in [0.25, 0.3) is 0 Å². The van der Waals surface area contributed by atoms with Gasteiger partial charge in [-0.25, -0.2) is 4.98 Å². The fourth-order valence-corrected chi connectivity index (χ4v) is 3.72. The zero-order chi connectivity index (χ0) is 15.6. The number of thiazole rings is 1. The highest BCUT2D eigenvalue weighted by molar-refractivity contribution is 7.13. The zero-order valence-electron chi connectivity index (χ0n) is 13.0. The van der Waals surface area contributed by atoms with Crippen molar-refractivity contribution in [3.05, 3.63) is 41.8 Å². The molecule has 4 rings (SSSR count). The Morgan fingerprint density at radius 2 is 2.26 bits per heavy atom. The van der Waals surface area contributed by atoms with Gasteiger partial charge in [-0.05, 0) is 31.9 Å². The molecule has 118 valence electrons. The highest BCUT2D eigenvalue weighted by Crippen LogP contribution is 2.29. The molecule has 3 aromatic heterocycles. The summed E-state index contributed by atoms with van der Waals surface area (Å²) in [5, 5.41) is 2.99. The lowest BCUT2D eigenvalue weighted by molar-refractivity contribution is 0.0970. The van der Waals surface area contributed by atoms with Gasteiger partial charge in [0.15, 0.2) is 0 Å². The van der Waals surface area contributed by atoms with Crippen LogP contribution in [-0.4, -0.2) is 32.2 Å². The van der Waals surface area contributed by atoms with Crippen LogP contribution in [-0.2, 0) is 11.3 Å². The predicted molar refractivity (Wildman–Crippen MR) is 90.3 cm³/mol. The Kier molecular flexibility index (Phi) is 3.93. The fourth-order valence-electron chi connectivity index (χ4n) is 2.95. The first-order chi connectivity index (χ1) is 11.3. The van der Waals surface area contributed by atoms with E-state index in [1.807, 2.05) is 0 Å². The summed E-state index contributed by atoms with van der Waals surface area (Å²) >= 11 is 1.60. The molecule has 0 aliphatic carbocycles. The van der Waals surface area contributed by atoms with Crippen LogP contribution in [0.2, 0.25) is 0 Å². The van der Waals surface area contributed by atoms with Crippen molar-refractivity contribution in [3.63, 3.8) is 0 Å². The fraction of sp³-hybridized carbons (Fsp3) is 0.353. The van der Waals surface area contributed by atoms with Crippen LogP contribution in [0.15, 0.2) is 36.1 Å². The lowest BCUT2D eigenvalue weighted by Crippen LogP contribution is -2.16. The number of ether oxygens (including phenoxy) is 1. The minimum atomic E-state index is 0.318. The molecule has 3 aromatic rings. The molecular weight excluding hydrogens is 308 g/mol. The minimum absolute atomic E-state index is 0.318. The number of nitrogens with zero attached hydrogens (tertiary/aromatic N) is 4. The van der Waals surface area contributed by atoms with Crippen molar-refractivity contribution < 1.29 is 4.74 Å². The highest BCUT2D eigenvalue weighted by Gasteiger charge is 2.19. The van der Waals surface area contributed by atoms with Crippen molar-refractivity contribution >= 4 is 11.3 Å². The van der Waals surface area contributed by atoms with E-state index in [0.29, 0.717) is 6.10 Å². The van der Waals surface area contributed by atoms with Gasteiger partial charge in [0.2, 0.25) is 0 Å². The van der Waals surface area contributed by atoms with E-state index in [1.165, 1.54) is 5.69 Å². The van der Waals surface area contributed by atoms with Gasteiger partial charge < -0.3 is 9.30 Å². The Bertz CT molecular complexity index is 790. The van der Waals surface area contributed by atoms with E-state index >= 15 is 0 Å². The molecule has 1 aliphatic heterocycles. The predicted octanol–water partition coefficient (Wildman–Crippen LogP) is 3.56. The average Bonchev–Trinajstić information content (AvgIpc) is 3.31. The molecule has 1 unspecified atom stereocenters. The van der Waals surface area contributed by atoms with E-state index in [0.717, 1.165) is 48.1 Å². The van der Waals surface area contributed by atoms with E-state index in [-0.39, 0.29) is 0 Å². The van der Waals surface area contributed by atoms with E-state index in [2.05, 4.69) is 39.0 Å². The van der Waals surface area contributed by atoms with Crippen molar-refractivity contribution in [2.24, 2.45) is 0 Å². The van der Waals surface area contributed by atoms with Gasteiger partial charge in [-0.15, -0.1) is 11.3 Å². The van der Waals surface area contributed by atoms with Gasteiger partial charge in [-0.2, -0.15) is 0 Å². The number of aryl methyl sites for hydroxylation is 1. The van der Waals surface area contributed by atoms with Crippen LogP contribution in [0.3, 0.4) is 0 Å². The van der Waals surface area contributed by atoms with Gasteiger partial charge in [0.05, 0.1) is 23.7 Å². The smallest absolute Gasteiger partial charge is 0.144 e. The summed E-state index contributed by atoms with van der Waals surface area (Å²) in [5.74, 6) is 0. The van der Waals surface area contributed by atoms with Gasteiger partial charge in [0, 0.05) is 36.6 Å². The Labute approximate surface area is 139 Å². The molecule has 0 saturated carbocycles. The maximum Gasteiger partial charge on any atom is 0.144 e. The summed E-state index contributed by atoms with van der Waals surface area (Å²) in [6.45, 7) is 3.91. The Morgan fingerprint density at radius 3 is 3.04 bits per heavy atom. The molecule has 1 fully saturated rings. The summed E-state index contributed by atoms with van der Waals surface area (Å²) in [7, 11) is 0. The molecule has 23 heavy (non-hydrogen) atoms. The van der Waals surface area contributed by atoms with E-state index in [4.69, 9.17) is 9.72 Å². The van der Waals surface area contributed by atoms with E-state index in [1.54, 1.807) is 29.9 Å². The third kappa shape index (κ3) is 2.92. The van der Waals surface area contributed by atoms with Gasteiger partial charge in [-0.1, -0.05) is 0 Å². The first kappa shape index (κ1) is 14.5. The second kappa shape index (κ2) is 6.22. The zero-order valence-corrected chi connectivity index (χ0v) is 13.8. The molecule has 0 amide bonds. The van der Waals surface area contributed by atoms with Crippen LogP contribution in [0.5, 0.6) is 0 Å². The number of rotatable bonds is 4. The maximum absolute atomic E-state index is 5.79. The van der Waals surface area contributed by atoms with Crippen LogP contribution < -0.4 is 0 Å². The molecule has 5 nitrogen and oxygen atoms in total. The lowest BCUT2D eigenvalue weighted by Gasteiger charge is -2.15. The summed E-state index contributed by atoms with van der Waals surface area (Å²) in [6, 6.07) is 4.28. The Morgan fingerprint density at radius 1 is 1.30 bits per heavy atom. The molecule has 1 saturated heterocycles. The van der Waals surface area contributed by atoms with Crippen LogP contribution in [0, 0.1) is 6.92 Å². The molecule has 6 heteroatoms. The topological polar surface area (TPSA) is 52.8 Å². The number of hydrogen-bond donors (Lipinski definition) is 0. The quantitative estimate of drug-likeness (QED) is 0.735. The lowest BCUT2D eigenvalue weighted by atomic mass is 10.2. The maximum atomic E-state index is 5.79. The molecule has 0 radical (unpaired) electrons. The van der Waals surface area contributed by atoms with Crippen molar-refractivity contribution in [1.82, 2.24) is 19.5 Å². The second-order valence-electron chi connectivity index (χ2n) is 5.73. The van der Waals surface area contributed by atoms with Crippen LogP contribution in [0.4, 0.5) is 0 Å². The molecule has 0 N–H and O–H groups in total. The summed E-state index contributed by atoms with van der Waals surface area (Å²) in [6.07, 6.45) is 7.74. The van der Waals surface area contributed by atoms with Crippen molar-refractivity contribution in [1.29, 1.82) is 0 Å². The van der Waals surface area contributed by atoms with Crippen molar-refractivity contribution in [2.75, 3.05) is 6.61 Å². The second-order valence-corrected chi connectivity index (χ2v) is 6.59. The molecule has 0 spiro atoms. The van der Waals surface area contributed by atoms with Crippen LogP contribution in [0.1, 0.15) is 18.5 Å². The van der Waals surface area contributed by atoms with Gasteiger partial charge in [0.1, 0.15) is 10.7 Å². The first-order valence-electron chi connectivity index (χ1n) is 7.81. The third-order valence-electron chi connectivity index (χ3n) is 4.16. The Balaban J connectivity index is 1.64. The average molecular weight is 326 g/mol. The van der Waals surface area contributed by atoms with Crippen molar-refractivity contribution in [3.8, 4) is 22.1 Å². The normalized spacial score (nSPS) is 17.7. The monoisotopic (exact) mass is 326 g/mol. The summed E-state index contributed by atoms with van der Waals surface area (Å²) in [5.41, 5.74) is 4.19. The largest absolute Gasteiger partial charge is 0.376 e. The Hall–Kier alpha value is -2.05. The van der Waals surface area contributed by atoms with E-state index in [9.17, 15) is 0 Å². The summed E-state index contributed by atoms with van der Waals surface area (Å²) < 4.78 is 8.10. The number of aromatic nitrogens is 4. The molecule has 1 atom stereocenters. The molecule has 0 aromatic carbocycles. The third-order valence-corrected chi connectivity index (χ3v) is 5.02.